The van der Waals surface area contributed by atoms with Crippen LogP contribution in [0.3, 0.4) is 0 Å². The standard InChI is InChI=1S/C20H16Cl2F4N2O/c21-14-1-6-17(18(22)9-14)13(7-8-29-16-4-2-15(23)3-5-16)11-28-12-27-10-19(28)20(24,25)26/h1-6,9-10,12-13H,7-8,11H2. The van der Waals surface area contributed by atoms with E-state index in [0.29, 0.717) is 27.8 Å². The summed E-state index contributed by atoms with van der Waals surface area (Å²) < 4.78 is 59.3. The Morgan fingerprint density at radius 1 is 1.07 bits per heavy atom. The van der Waals surface area contributed by atoms with Crippen LogP contribution in [-0.2, 0) is 12.7 Å². The van der Waals surface area contributed by atoms with Gasteiger partial charge in [-0.15, -0.1) is 0 Å². The van der Waals surface area contributed by atoms with Crippen molar-refractivity contribution in [3.8, 4) is 5.75 Å². The lowest BCUT2D eigenvalue weighted by molar-refractivity contribution is -0.143. The minimum atomic E-state index is -4.52. The molecular formula is C20H16Cl2F4N2O. The number of aromatic nitrogens is 2. The Hall–Kier alpha value is -2.25. The number of nitrogens with zero attached hydrogens (tertiary/aromatic N) is 2. The topological polar surface area (TPSA) is 27.1 Å². The van der Waals surface area contributed by atoms with Gasteiger partial charge in [-0.3, -0.25) is 0 Å². The van der Waals surface area contributed by atoms with Gasteiger partial charge in [0, 0.05) is 22.5 Å². The molecule has 1 aromatic heterocycles. The molecule has 0 amide bonds. The average molecular weight is 447 g/mol. The molecule has 0 N–H and O–H groups in total. The van der Waals surface area contributed by atoms with Gasteiger partial charge in [-0.05, 0) is 48.4 Å². The van der Waals surface area contributed by atoms with Crippen LogP contribution in [0.5, 0.6) is 5.75 Å². The summed E-state index contributed by atoms with van der Waals surface area (Å²) in [7, 11) is 0. The molecule has 3 rings (SSSR count). The number of benzene rings is 2. The summed E-state index contributed by atoms with van der Waals surface area (Å²) in [5, 5.41) is 0.789. The Morgan fingerprint density at radius 3 is 2.45 bits per heavy atom. The van der Waals surface area contributed by atoms with E-state index in [1.165, 1.54) is 24.3 Å². The Labute approximate surface area is 174 Å². The van der Waals surface area contributed by atoms with Crippen LogP contribution in [0.25, 0.3) is 0 Å². The summed E-state index contributed by atoms with van der Waals surface area (Å²) in [5.74, 6) is -0.315. The monoisotopic (exact) mass is 446 g/mol. The normalized spacial score (nSPS) is 12.8. The molecule has 0 radical (unpaired) electrons. The number of hydrogen-bond donors (Lipinski definition) is 0. The number of ether oxygens (including phenoxy) is 1. The Morgan fingerprint density at radius 2 is 1.79 bits per heavy atom. The molecule has 1 atom stereocenters. The zero-order valence-corrected chi connectivity index (χ0v) is 16.5. The highest BCUT2D eigenvalue weighted by Crippen LogP contribution is 2.34. The average Bonchev–Trinajstić information content (AvgIpc) is 3.11. The van der Waals surface area contributed by atoms with Crippen LogP contribution in [0.2, 0.25) is 10.0 Å². The van der Waals surface area contributed by atoms with E-state index in [2.05, 4.69) is 4.98 Å². The highest BCUT2D eigenvalue weighted by Gasteiger charge is 2.35. The Balaban J connectivity index is 1.80. The second kappa shape index (κ2) is 9.05. The number of hydrogen-bond acceptors (Lipinski definition) is 2. The van der Waals surface area contributed by atoms with Gasteiger partial charge in [0.25, 0.3) is 0 Å². The molecule has 0 aliphatic carbocycles. The van der Waals surface area contributed by atoms with Gasteiger partial charge < -0.3 is 9.30 Å². The van der Waals surface area contributed by atoms with Crippen molar-refractivity contribution in [3.63, 3.8) is 0 Å². The van der Waals surface area contributed by atoms with Crippen molar-refractivity contribution in [2.24, 2.45) is 0 Å². The molecule has 3 nitrogen and oxygen atoms in total. The van der Waals surface area contributed by atoms with Gasteiger partial charge in [0.1, 0.15) is 17.3 Å². The molecule has 3 aromatic rings. The summed E-state index contributed by atoms with van der Waals surface area (Å²) in [6.45, 7) is 0.203. The van der Waals surface area contributed by atoms with Crippen molar-refractivity contribution in [3.05, 3.63) is 82.1 Å². The molecule has 0 saturated carbocycles. The first-order chi connectivity index (χ1) is 13.7. The van der Waals surface area contributed by atoms with Gasteiger partial charge in [0.15, 0.2) is 0 Å². The molecule has 2 aromatic carbocycles. The van der Waals surface area contributed by atoms with Crippen LogP contribution in [0.4, 0.5) is 17.6 Å². The van der Waals surface area contributed by atoms with E-state index in [0.717, 1.165) is 17.1 Å². The van der Waals surface area contributed by atoms with E-state index in [9.17, 15) is 17.6 Å². The molecule has 0 saturated heterocycles. The van der Waals surface area contributed by atoms with E-state index in [1.54, 1.807) is 18.2 Å². The lowest BCUT2D eigenvalue weighted by atomic mass is 9.95. The first-order valence-electron chi connectivity index (χ1n) is 8.64. The minimum Gasteiger partial charge on any atom is -0.494 e. The Bertz CT molecular complexity index is 958. The SMILES string of the molecule is Fc1ccc(OCCC(Cn2cncc2C(F)(F)F)c2ccc(Cl)cc2Cl)cc1. The molecule has 1 unspecified atom stereocenters. The number of imidazole rings is 1. The second-order valence-corrected chi connectivity index (χ2v) is 7.23. The van der Waals surface area contributed by atoms with Crippen LogP contribution >= 0.6 is 23.2 Å². The van der Waals surface area contributed by atoms with Crippen LogP contribution < -0.4 is 4.74 Å². The molecule has 9 heteroatoms. The maximum absolute atomic E-state index is 13.2. The molecule has 154 valence electrons. The van der Waals surface area contributed by atoms with Crippen LogP contribution in [0.15, 0.2) is 55.0 Å². The van der Waals surface area contributed by atoms with Crippen molar-refractivity contribution >= 4 is 23.2 Å². The summed E-state index contributed by atoms with van der Waals surface area (Å²) >= 11 is 12.2. The fourth-order valence-corrected chi connectivity index (χ4v) is 3.53. The van der Waals surface area contributed by atoms with Gasteiger partial charge in [0.05, 0.1) is 19.1 Å². The van der Waals surface area contributed by atoms with E-state index >= 15 is 0 Å². The lowest BCUT2D eigenvalue weighted by Crippen LogP contribution is -2.18. The third kappa shape index (κ3) is 5.64. The van der Waals surface area contributed by atoms with E-state index in [4.69, 9.17) is 27.9 Å². The molecule has 1 heterocycles. The fraction of sp³-hybridized carbons (Fsp3) is 0.250. The summed E-state index contributed by atoms with van der Waals surface area (Å²) in [4.78, 5) is 3.63. The first-order valence-corrected chi connectivity index (χ1v) is 9.40. The third-order valence-corrected chi connectivity index (χ3v) is 4.93. The van der Waals surface area contributed by atoms with Crippen molar-refractivity contribution in [2.75, 3.05) is 6.61 Å². The maximum Gasteiger partial charge on any atom is 0.432 e. The number of alkyl halides is 3. The summed E-state index contributed by atoms with van der Waals surface area (Å²) in [6, 6.07) is 10.4. The highest BCUT2D eigenvalue weighted by molar-refractivity contribution is 6.35. The smallest absolute Gasteiger partial charge is 0.432 e. The molecule has 0 bridgehead atoms. The summed E-state index contributed by atoms with van der Waals surface area (Å²) in [6.07, 6.45) is -2.22. The largest absolute Gasteiger partial charge is 0.494 e. The molecule has 0 spiro atoms. The predicted octanol–water partition coefficient (Wildman–Crippen LogP) is 6.60. The van der Waals surface area contributed by atoms with Gasteiger partial charge in [-0.1, -0.05) is 29.3 Å². The zero-order chi connectivity index (χ0) is 21.0. The molecular weight excluding hydrogens is 431 g/mol. The van der Waals surface area contributed by atoms with Crippen LogP contribution in [0.1, 0.15) is 23.6 Å². The number of halogens is 6. The molecule has 0 aliphatic heterocycles. The fourth-order valence-electron chi connectivity index (χ4n) is 2.97. The van der Waals surface area contributed by atoms with Gasteiger partial charge >= 0.3 is 6.18 Å². The predicted molar refractivity (Wildman–Crippen MR) is 103 cm³/mol. The number of rotatable bonds is 7. The van der Waals surface area contributed by atoms with Crippen molar-refractivity contribution in [1.29, 1.82) is 0 Å². The Kier molecular flexibility index (Phi) is 6.70. The zero-order valence-electron chi connectivity index (χ0n) is 15.0. The molecule has 0 fully saturated rings. The van der Waals surface area contributed by atoms with Crippen molar-refractivity contribution in [1.82, 2.24) is 9.55 Å². The van der Waals surface area contributed by atoms with E-state index in [1.807, 2.05) is 0 Å². The maximum atomic E-state index is 13.2. The molecule has 29 heavy (non-hydrogen) atoms. The summed E-state index contributed by atoms with van der Waals surface area (Å²) in [5.41, 5.74) is -0.187. The third-order valence-electron chi connectivity index (χ3n) is 4.37. The minimum absolute atomic E-state index is 0.00295. The van der Waals surface area contributed by atoms with Gasteiger partial charge in [0.2, 0.25) is 0 Å². The first kappa shape index (κ1) is 21.5. The molecule has 0 aliphatic rings. The van der Waals surface area contributed by atoms with Gasteiger partial charge in [-0.25, -0.2) is 9.37 Å². The van der Waals surface area contributed by atoms with Gasteiger partial charge in [-0.2, -0.15) is 13.2 Å². The highest BCUT2D eigenvalue weighted by atomic mass is 35.5. The van der Waals surface area contributed by atoms with Crippen LogP contribution in [-0.4, -0.2) is 16.2 Å². The van der Waals surface area contributed by atoms with Crippen molar-refractivity contribution in [2.45, 2.75) is 25.1 Å². The quantitative estimate of drug-likeness (QED) is 0.382. The second-order valence-electron chi connectivity index (χ2n) is 6.38. The van der Waals surface area contributed by atoms with E-state index in [-0.39, 0.29) is 19.0 Å². The van der Waals surface area contributed by atoms with Crippen molar-refractivity contribution < 1.29 is 22.3 Å². The van der Waals surface area contributed by atoms with Crippen LogP contribution in [0, 0.1) is 5.82 Å². The van der Waals surface area contributed by atoms with E-state index < -0.39 is 17.8 Å². The lowest BCUT2D eigenvalue weighted by Gasteiger charge is -2.21.